The Morgan fingerprint density at radius 1 is 1.08 bits per heavy atom. The molecule has 2 aromatic carbocycles. The Morgan fingerprint density at radius 3 is 2.64 bits per heavy atom. The van der Waals surface area contributed by atoms with E-state index in [1.54, 1.807) is 24.4 Å². The molecule has 4 nitrogen and oxygen atoms in total. The van der Waals surface area contributed by atoms with Crippen molar-refractivity contribution in [1.29, 1.82) is 0 Å². The molecule has 0 saturated carbocycles. The van der Waals surface area contributed by atoms with Gasteiger partial charge in [0.25, 0.3) is 0 Å². The van der Waals surface area contributed by atoms with Gasteiger partial charge in [-0.2, -0.15) is 13.2 Å². The van der Waals surface area contributed by atoms with Crippen LogP contribution in [0.15, 0.2) is 36.5 Å². The lowest BCUT2D eigenvalue weighted by Gasteiger charge is -2.06. The largest absolute Gasteiger partial charge is 0.416 e. The Labute approximate surface area is 142 Å². The number of alkyl halides is 3. The van der Waals surface area contributed by atoms with Crippen LogP contribution in [-0.4, -0.2) is 15.0 Å². The molecule has 0 aliphatic heterocycles. The number of nitrogens with one attached hydrogen (secondary N) is 3. The van der Waals surface area contributed by atoms with Crippen LogP contribution in [-0.2, 0) is 6.18 Å². The molecule has 0 spiro atoms. The number of hydrogen-bond donors (Lipinski definition) is 3. The molecule has 4 aromatic rings. The number of anilines is 2. The third kappa shape index (κ3) is 2.78. The first-order valence-corrected chi connectivity index (χ1v) is 7.49. The van der Waals surface area contributed by atoms with E-state index in [2.05, 4.69) is 20.3 Å². The van der Waals surface area contributed by atoms with Gasteiger partial charge in [-0.3, -0.25) is 0 Å². The number of halogens is 5. The van der Waals surface area contributed by atoms with E-state index >= 15 is 0 Å². The first kappa shape index (κ1) is 15.8. The molecule has 0 atom stereocenters. The summed E-state index contributed by atoms with van der Waals surface area (Å²) in [6.45, 7) is 0. The number of hydrogen-bond acceptors (Lipinski definition) is 2. The Hall–Kier alpha value is -2.74. The molecule has 0 fully saturated rings. The number of aromatic nitrogens is 3. The van der Waals surface area contributed by atoms with Crippen molar-refractivity contribution in [2.45, 2.75) is 6.18 Å². The van der Waals surface area contributed by atoms with Crippen LogP contribution in [0.2, 0.25) is 5.02 Å². The van der Waals surface area contributed by atoms with E-state index in [-0.39, 0.29) is 17.0 Å². The van der Waals surface area contributed by atoms with Crippen LogP contribution >= 0.6 is 11.6 Å². The number of H-pyrrole nitrogens is 2. The fourth-order valence-corrected chi connectivity index (χ4v) is 2.79. The molecule has 0 aliphatic rings. The van der Waals surface area contributed by atoms with Gasteiger partial charge in [-0.15, -0.1) is 0 Å². The van der Waals surface area contributed by atoms with Gasteiger partial charge in [0.1, 0.15) is 5.52 Å². The second kappa shape index (κ2) is 5.38. The van der Waals surface area contributed by atoms with Gasteiger partial charge >= 0.3 is 6.18 Å². The van der Waals surface area contributed by atoms with Crippen molar-refractivity contribution in [3.63, 3.8) is 0 Å². The van der Waals surface area contributed by atoms with Crippen LogP contribution in [0, 0.1) is 5.82 Å². The normalized spacial score (nSPS) is 12.2. The molecular weight excluding hydrogens is 360 g/mol. The van der Waals surface area contributed by atoms with E-state index in [1.807, 2.05) is 0 Å². The van der Waals surface area contributed by atoms with Gasteiger partial charge in [-0.1, -0.05) is 11.6 Å². The standard InChI is InChI=1S/C16H9ClF4N4/c17-8-1-2-11-9(5-8)13(6-22-11)24-15-23-12-4-7(16(19,20)21)3-10(18)14(12)25-15/h1-6,22H,(H2,23,24,25). The number of imidazole rings is 1. The summed E-state index contributed by atoms with van der Waals surface area (Å²) in [5.41, 5.74) is 0.120. The maximum Gasteiger partial charge on any atom is 0.416 e. The minimum absolute atomic E-state index is 0.0484. The molecule has 0 aliphatic carbocycles. The molecule has 2 heterocycles. The number of aromatic amines is 2. The van der Waals surface area contributed by atoms with Gasteiger partial charge in [0.05, 0.1) is 16.8 Å². The highest BCUT2D eigenvalue weighted by Crippen LogP contribution is 2.33. The Bertz CT molecular complexity index is 1100. The summed E-state index contributed by atoms with van der Waals surface area (Å²) in [5.74, 6) is -0.926. The van der Waals surface area contributed by atoms with Crippen molar-refractivity contribution >= 4 is 45.2 Å². The summed E-state index contributed by atoms with van der Waals surface area (Å²) in [4.78, 5) is 9.67. The van der Waals surface area contributed by atoms with Crippen LogP contribution < -0.4 is 5.32 Å². The zero-order valence-electron chi connectivity index (χ0n) is 12.3. The van der Waals surface area contributed by atoms with Crippen molar-refractivity contribution in [1.82, 2.24) is 15.0 Å². The van der Waals surface area contributed by atoms with Gasteiger partial charge < -0.3 is 15.3 Å². The minimum Gasteiger partial charge on any atom is -0.359 e. The van der Waals surface area contributed by atoms with E-state index in [0.29, 0.717) is 16.8 Å². The summed E-state index contributed by atoms with van der Waals surface area (Å²) in [5, 5.41) is 4.22. The summed E-state index contributed by atoms with van der Waals surface area (Å²) < 4.78 is 52.3. The van der Waals surface area contributed by atoms with E-state index in [4.69, 9.17) is 11.6 Å². The fourth-order valence-electron chi connectivity index (χ4n) is 2.62. The number of fused-ring (bicyclic) bond motifs is 2. The summed E-state index contributed by atoms with van der Waals surface area (Å²) in [6, 6.07) is 6.48. The smallest absolute Gasteiger partial charge is 0.359 e. The van der Waals surface area contributed by atoms with Gasteiger partial charge in [0.2, 0.25) is 5.95 Å². The van der Waals surface area contributed by atoms with Crippen LogP contribution in [0.4, 0.5) is 29.2 Å². The Morgan fingerprint density at radius 2 is 1.88 bits per heavy atom. The van der Waals surface area contributed by atoms with Crippen LogP contribution in [0.25, 0.3) is 21.9 Å². The SMILES string of the molecule is Fc1cc(C(F)(F)F)cc2[nH]c(Nc3c[nH]c4ccc(Cl)cc34)nc12. The molecule has 128 valence electrons. The molecule has 9 heteroatoms. The van der Waals surface area contributed by atoms with Crippen LogP contribution in [0.5, 0.6) is 0 Å². The fraction of sp³-hybridized carbons (Fsp3) is 0.0625. The van der Waals surface area contributed by atoms with E-state index in [1.165, 1.54) is 0 Å². The minimum atomic E-state index is -4.64. The number of rotatable bonds is 2. The second-order valence-electron chi connectivity index (χ2n) is 5.45. The maximum atomic E-state index is 13.9. The lowest BCUT2D eigenvalue weighted by molar-refractivity contribution is -0.137. The van der Waals surface area contributed by atoms with Gasteiger partial charge in [0, 0.05) is 22.1 Å². The van der Waals surface area contributed by atoms with Crippen molar-refractivity contribution in [3.8, 4) is 0 Å². The summed E-state index contributed by atoms with van der Waals surface area (Å²) in [7, 11) is 0. The molecule has 0 bridgehead atoms. The number of nitrogens with zero attached hydrogens (tertiary/aromatic N) is 1. The lowest BCUT2D eigenvalue weighted by atomic mass is 10.2. The molecular formula is C16H9ClF4N4. The highest BCUT2D eigenvalue weighted by molar-refractivity contribution is 6.31. The lowest BCUT2D eigenvalue weighted by Crippen LogP contribution is -2.05. The van der Waals surface area contributed by atoms with E-state index < -0.39 is 17.6 Å². The Balaban J connectivity index is 1.77. The molecule has 3 N–H and O–H groups in total. The van der Waals surface area contributed by atoms with E-state index in [9.17, 15) is 17.6 Å². The quantitative estimate of drug-likeness (QED) is 0.403. The van der Waals surface area contributed by atoms with Gasteiger partial charge in [-0.25, -0.2) is 9.37 Å². The maximum absolute atomic E-state index is 13.9. The third-order valence-corrected chi connectivity index (χ3v) is 4.00. The molecule has 2 aromatic heterocycles. The predicted molar refractivity (Wildman–Crippen MR) is 87.6 cm³/mol. The average Bonchev–Trinajstić information content (AvgIpc) is 3.11. The van der Waals surface area contributed by atoms with Crippen LogP contribution in [0.3, 0.4) is 0 Å². The molecule has 25 heavy (non-hydrogen) atoms. The monoisotopic (exact) mass is 368 g/mol. The highest BCUT2D eigenvalue weighted by Gasteiger charge is 2.32. The van der Waals surface area contributed by atoms with E-state index in [0.717, 1.165) is 17.0 Å². The first-order chi connectivity index (χ1) is 11.8. The molecule has 0 radical (unpaired) electrons. The topological polar surface area (TPSA) is 56.5 Å². The third-order valence-electron chi connectivity index (χ3n) is 3.76. The Kier molecular flexibility index (Phi) is 3.40. The highest BCUT2D eigenvalue weighted by atomic mass is 35.5. The summed E-state index contributed by atoms with van der Waals surface area (Å²) in [6.07, 6.45) is -2.98. The first-order valence-electron chi connectivity index (χ1n) is 7.11. The van der Waals surface area contributed by atoms with Gasteiger partial charge in [-0.05, 0) is 30.3 Å². The van der Waals surface area contributed by atoms with Crippen molar-refractivity contribution in [2.75, 3.05) is 5.32 Å². The second-order valence-corrected chi connectivity index (χ2v) is 5.89. The van der Waals surface area contributed by atoms with Gasteiger partial charge in [0.15, 0.2) is 5.82 Å². The molecule has 0 amide bonds. The summed E-state index contributed by atoms with van der Waals surface area (Å²) >= 11 is 5.97. The van der Waals surface area contributed by atoms with Crippen molar-refractivity contribution in [3.05, 3.63) is 52.9 Å². The van der Waals surface area contributed by atoms with Crippen molar-refractivity contribution in [2.24, 2.45) is 0 Å². The predicted octanol–water partition coefficient (Wildman–Crippen LogP) is 5.60. The molecule has 0 saturated heterocycles. The zero-order chi connectivity index (χ0) is 17.8. The van der Waals surface area contributed by atoms with Crippen molar-refractivity contribution < 1.29 is 17.6 Å². The zero-order valence-corrected chi connectivity index (χ0v) is 13.1. The average molecular weight is 369 g/mol. The molecule has 0 unspecified atom stereocenters. The van der Waals surface area contributed by atoms with Crippen LogP contribution in [0.1, 0.15) is 5.56 Å². The molecule has 4 rings (SSSR count). The number of benzene rings is 2.